The molecule has 3 aromatic rings. The van der Waals surface area contributed by atoms with E-state index in [1.807, 2.05) is 6.07 Å². The number of aliphatic hydroxyl groups is 2. The summed E-state index contributed by atoms with van der Waals surface area (Å²) < 4.78 is 6.95. The third-order valence-corrected chi connectivity index (χ3v) is 6.58. The predicted octanol–water partition coefficient (Wildman–Crippen LogP) is 0.959. The summed E-state index contributed by atoms with van der Waals surface area (Å²) in [6, 6.07) is 8.28. The zero-order chi connectivity index (χ0) is 25.4. The van der Waals surface area contributed by atoms with Crippen LogP contribution in [0.1, 0.15) is 47.3 Å². The number of fused-ring (bicyclic) bond motifs is 1. The number of carbonyl (C=O) groups is 2. The van der Waals surface area contributed by atoms with Gasteiger partial charge in [0.2, 0.25) is 5.82 Å². The van der Waals surface area contributed by atoms with Crippen LogP contribution in [0.4, 0.5) is 5.82 Å². The molecule has 3 heterocycles. The van der Waals surface area contributed by atoms with E-state index in [1.165, 1.54) is 11.8 Å². The Morgan fingerprint density at radius 1 is 1.25 bits per heavy atom. The fourth-order valence-corrected chi connectivity index (χ4v) is 4.28. The summed E-state index contributed by atoms with van der Waals surface area (Å²) in [5, 5.41) is 34.1. The number of carbonyl (C=O) groups excluding carboxylic acids is 2. The molecule has 12 nitrogen and oxygen atoms in total. The van der Waals surface area contributed by atoms with E-state index in [-0.39, 0.29) is 24.4 Å². The average Bonchev–Trinajstić information content (AvgIpc) is 3.46. The molecule has 36 heavy (non-hydrogen) atoms. The first kappa shape index (κ1) is 23.8. The van der Waals surface area contributed by atoms with Crippen LogP contribution < -0.4 is 10.1 Å². The van der Waals surface area contributed by atoms with Crippen LogP contribution >= 0.6 is 0 Å². The van der Waals surface area contributed by atoms with Gasteiger partial charge in [0.1, 0.15) is 22.9 Å². The second kappa shape index (κ2) is 9.28. The quantitative estimate of drug-likeness (QED) is 0.436. The van der Waals surface area contributed by atoms with E-state index in [4.69, 9.17) is 4.74 Å². The van der Waals surface area contributed by atoms with Crippen LogP contribution in [0.3, 0.4) is 0 Å². The van der Waals surface area contributed by atoms with Crippen LogP contribution in [0.25, 0.3) is 11.5 Å². The summed E-state index contributed by atoms with van der Waals surface area (Å²) in [6.07, 6.45) is 1.59. The number of aromatic nitrogens is 5. The van der Waals surface area contributed by atoms with Crippen LogP contribution in [-0.2, 0) is 17.8 Å². The Hall–Kier alpha value is -3.90. The zero-order valence-electron chi connectivity index (χ0n) is 20.0. The van der Waals surface area contributed by atoms with E-state index in [1.54, 1.807) is 36.1 Å². The molecule has 1 aromatic carbocycles. The van der Waals surface area contributed by atoms with Gasteiger partial charge in [-0.3, -0.25) is 9.59 Å². The molecule has 2 amide bonds. The smallest absolute Gasteiger partial charge is 0.260 e. The fourth-order valence-electron chi connectivity index (χ4n) is 4.28. The summed E-state index contributed by atoms with van der Waals surface area (Å²) in [5.74, 6) is 0.391. The lowest BCUT2D eigenvalue weighted by Gasteiger charge is -2.31. The number of rotatable bonds is 7. The molecule has 3 N–H and O–H groups in total. The van der Waals surface area contributed by atoms with Crippen molar-refractivity contribution in [2.75, 3.05) is 25.6 Å². The van der Waals surface area contributed by atoms with Crippen LogP contribution in [0.15, 0.2) is 30.3 Å². The Balaban J connectivity index is 1.38. The number of ether oxygens (including phenoxy) is 1. The predicted molar refractivity (Wildman–Crippen MR) is 127 cm³/mol. The number of hydrogen-bond acceptors (Lipinski definition) is 9. The molecule has 0 saturated heterocycles. The first-order valence-electron chi connectivity index (χ1n) is 11.7. The number of hydrogen-bond donors (Lipinski definition) is 3. The minimum Gasteiger partial charge on any atom is -0.496 e. The average molecular weight is 494 g/mol. The lowest BCUT2D eigenvalue weighted by atomic mass is 9.95. The van der Waals surface area contributed by atoms with Crippen molar-refractivity contribution in [2.24, 2.45) is 0 Å². The highest BCUT2D eigenvalue weighted by Gasteiger charge is 2.50. The number of tetrazole rings is 1. The molecular weight excluding hydrogens is 466 g/mol. The summed E-state index contributed by atoms with van der Waals surface area (Å²) >= 11 is 0. The Bertz CT molecular complexity index is 1320. The molecule has 0 unspecified atom stereocenters. The molecule has 1 aliphatic heterocycles. The Kier molecular flexibility index (Phi) is 6.14. The highest BCUT2D eigenvalue weighted by molar-refractivity contribution is 6.06. The van der Waals surface area contributed by atoms with Crippen molar-refractivity contribution in [2.45, 2.75) is 44.4 Å². The summed E-state index contributed by atoms with van der Waals surface area (Å²) in [5.41, 5.74) is 1.35. The molecular formula is C24H27N7O5. The molecule has 1 saturated carbocycles. The molecule has 0 spiro atoms. The number of nitrogens with zero attached hydrogens (tertiary/aromatic N) is 6. The van der Waals surface area contributed by atoms with Gasteiger partial charge in [0.05, 0.1) is 25.3 Å². The maximum Gasteiger partial charge on any atom is 0.260 e. The van der Waals surface area contributed by atoms with Gasteiger partial charge in [0.15, 0.2) is 0 Å². The Labute approximate surface area is 206 Å². The molecule has 2 aromatic heterocycles. The van der Waals surface area contributed by atoms with Gasteiger partial charge in [0, 0.05) is 13.1 Å². The zero-order valence-corrected chi connectivity index (χ0v) is 20.0. The van der Waals surface area contributed by atoms with Gasteiger partial charge in [-0.1, -0.05) is 6.07 Å². The van der Waals surface area contributed by atoms with E-state index in [2.05, 4.69) is 25.8 Å². The van der Waals surface area contributed by atoms with E-state index in [9.17, 15) is 19.8 Å². The summed E-state index contributed by atoms with van der Waals surface area (Å²) in [6.45, 7) is 2.45. The normalized spacial score (nSPS) is 16.7. The molecule has 0 radical (unpaired) electrons. The molecule has 2 aliphatic rings. The van der Waals surface area contributed by atoms with Crippen molar-refractivity contribution < 1.29 is 24.5 Å². The number of aliphatic hydroxyl groups excluding tert-OH is 1. The second-order valence-corrected chi connectivity index (χ2v) is 9.17. The fraction of sp³-hybridized carbons (Fsp3) is 0.417. The SMILES string of the molecule is COc1cc2c(cc1C(=O)Nc1cccc(-c3nnnn3[C@H](C)CO)n1)CN(C(=O)C1(O)CC1)CC2. The minimum absolute atomic E-state index is 0.144. The number of methoxy groups -OCH3 is 1. The minimum atomic E-state index is -1.23. The van der Waals surface area contributed by atoms with Gasteiger partial charge >= 0.3 is 0 Å². The first-order valence-corrected chi connectivity index (χ1v) is 11.7. The molecule has 12 heteroatoms. The third-order valence-electron chi connectivity index (χ3n) is 6.58. The second-order valence-electron chi connectivity index (χ2n) is 9.17. The lowest BCUT2D eigenvalue weighted by Crippen LogP contribution is -2.43. The van der Waals surface area contributed by atoms with Crippen molar-refractivity contribution in [3.8, 4) is 17.3 Å². The van der Waals surface area contributed by atoms with Gasteiger partial charge in [-0.2, -0.15) is 0 Å². The lowest BCUT2D eigenvalue weighted by molar-refractivity contribution is -0.143. The summed E-state index contributed by atoms with van der Waals surface area (Å²) in [4.78, 5) is 32.0. The molecule has 1 atom stereocenters. The monoisotopic (exact) mass is 493 g/mol. The highest BCUT2D eigenvalue weighted by atomic mass is 16.5. The summed E-state index contributed by atoms with van der Waals surface area (Å²) in [7, 11) is 1.50. The molecule has 1 aliphatic carbocycles. The number of anilines is 1. The number of nitrogens with one attached hydrogen (secondary N) is 1. The van der Waals surface area contributed by atoms with Crippen LogP contribution in [-0.4, -0.2) is 78.0 Å². The maximum absolute atomic E-state index is 13.3. The largest absolute Gasteiger partial charge is 0.496 e. The van der Waals surface area contributed by atoms with Crippen LogP contribution in [0, 0.1) is 0 Å². The van der Waals surface area contributed by atoms with Crippen LogP contribution in [0.5, 0.6) is 5.75 Å². The maximum atomic E-state index is 13.3. The molecule has 5 rings (SSSR count). The first-order chi connectivity index (χ1) is 17.3. The number of benzene rings is 1. The van der Waals surface area contributed by atoms with Crippen molar-refractivity contribution >= 4 is 17.6 Å². The Morgan fingerprint density at radius 2 is 2.06 bits per heavy atom. The van der Waals surface area contributed by atoms with Crippen molar-refractivity contribution in [1.29, 1.82) is 0 Å². The Morgan fingerprint density at radius 3 is 2.78 bits per heavy atom. The van der Waals surface area contributed by atoms with E-state index < -0.39 is 11.5 Å². The standard InChI is InChI=1S/C24H27N7O5/c1-14(13-32)31-21(27-28-29-31)18-4-3-5-20(25-18)26-22(33)17-10-16-12-30(23(34)24(35)7-8-24)9-6-15(16)11-19(17)36-2/h3-5,10-11,14,32,35H,6-9,12-13H2,1-2H3,(H,25,26,33)/t14-/m1/s1. The third kappa shape index (κ3) is 4.40. The van der Waals surface area contributed by atoms with E-state index in [0.29, 0.717) is 55.2 Å². The molecule has 0 bridgehead atoms. The van der Waals surface area contributed by atoms with E-state index in [0.717, 1.165) is 11.1 Å². The van der Waals surface area contributed by atoms with Crippen molar-refractivity contribution in [3.05, 3.63) is 47.0 Å². The van der Waals surface area contributed by atoms with Crippen molar-refractivity contribution in [1.82, 2.24) is 30.1 Å². The highest BCUT2D eigenvalue weighted by Crippen LogP contribution is 2.38. The van der Waals surface area contributed by atoms with Gasteiger partial charge in [0.25, 0.3) is 11.8 Å². The van der Waals surface area contributed by atoms with E-state index >= 15 is 0 Å². The van der Waals surface area contributed by atoms with Gasteiger partial charge in [-0.25, -0.2) is 9.67 Å². The van der Waals surface area contributed by atoms with Gasteiger partial charge in [-0.05, 0) is 72.0 Å². The van der Waals surface area contributed by atoms with Gasteiger partial charge < -0.3 is 25.2 Å². The van der Waals surface area contributed by atoms with Gasteiger partial charge in [-0.15, -0.1) is 5.10 Å². The number of pyridine rings is 1. The van der Waals surface area contributed by atoms with Crippen molar-refractivity contribution in [3.63, 3.8) is 0 Å². The molecule has 1 fully saturated rings. The van der Waals surface area contributed by atoms with Crippen LogP contribution in [0.2, 0.25) is 0 Å². The topological polar surface area (TPSA) is 156 Å². The molecule has 188 valence electrons. The number of amides is 2.